The zero-order valence-corrected chi connectivity index (χ0v) is 10.4. The number of nitrogens with one attached hydrogen (secondary N) is 1. The Morgan fingerprint density at radius 1 is 1.65 bits per heavy atom. The zero-order valence-electron chi connectivity index (χ0n) is 10.4. The first-order valence-electron chi connectivity index (χ1n) is 5.89. The van der Waals surface area contributed by atoms with Crippen LogP contribution in [-0.2, 0) is 13.1 Å². The van der Waals surface area contributed by atoms with Crippen molar-refractivity contribution in [1.29, 1.82) is 0 Å². The Bertz CT molecular complexity index is 325. The van der Waals surface area contributed by atoms with Crippen LogP contribution in [0.1, 0.15) is 18.4 Å². The van der Waals surface area contributed by atoms with Crippen LogP contribution < -0.4 is 5.32 Å². The molecule has 1 aromatic heterocycles. The van der Waals surface area contributed by atoms with E-state index in [1.807, 2.05) is 24.0 Å². The maximum absolute atomic E-state index is 8.93. The van der Waals surface area contributed by atoms with Crippen LogP contribution in [-0.4, -0.2) is 41.4 Å². The van der Waals surface area contributed by atoms with Crippen LogP contribution in [0.4, 0.5) is 0 Å². The predicted octanol–water partition coefficient (Wildman–Crippen LogP) is 0.764. The molecule has 2 N–H and O–H groups in total. The molecular formula is C12H21N3O2. The zero-order chi connectivity index (χ0) is 12.5. The molecule has 5 heteroatoms. The van der Waals surface area contributed by atoms with Crippen molar-refractivity contribution < 1.29 is 9.63 Å². The summed E-state index contributed by atoms with van der Waals surface area (Å²) in [5.74, 6) is 0.813. The summed E-state index contributed by atoms with van der Waals surface area (Å²) in [6.45, 7) is 9.48. The van der Waals surface area contributed by atoms with Gasteiger partial charge in [-0.15, -0.1) is 6.58 Å². The molecular weight excluding hydrogens is 218 g/mol. The van der Waals surface area contributed by atoms with Gasteiger partial charge in [-0.05, 0) is 6.54 Å². The maximum Gasteiger partial charge on any atom is 0.151 e. The Morgan fingerprint density at radius 2 is 2.47 bits per heavy atom. The van der Waals surface area contributed by atoms with E-state index in [0.29, 0.717) is 13.1 Å². The van der Waals surface area contributed by atoms with Gasteiger partial charge in [0, 0.05) is 25.7 Å². The van der Waals surface area contributed by atoms with Crippen molar-refractivity contribution in [2.75, 3.05) is 26.2 Å². The van der Waals surface area contributed by atoms with Crippen molar-refractivity contribution in [2.24, 2.45) is 0 Å². The molecule has 1 rings (SSSR count). The molecule has 1 heterocycles. The molecule has 0 aliphatic rings. The number of nitrogens with zero attached hydrogens (tertiary/aromatic N) is 2. The topological polar surface area (TPSA) is 61.5 Å². The van der Waals surface area contributed by atoms with Gasteiger partial charge in [0.25, 0.3) is 0 Å². The molecule has 17 heavy (non-hydrogen) atoms. The molecule has 5 nitrogen and oxygen atoms in total. The monoisotopic (exact) mass is 239 g/mol. The van der Waals surface area contributed by atoms with E-state index >= 15 is 0 Å². The lowest BCUT2D eigenvalue weighted by Crippen LogP contribution is -2.26. The highest BCUT2D eigenvalue weighted by molar-refractivity contribution is 5.05. The highest BCUT2D eigenvalue weighted by atomic mass is 16.5. The molecule has 0 saturated carbocycles. The largest absolute Gasteiger partial charge is 0.395 e. The summed E-state index contributed by atoms with van der Waals surface area (Å²) in [7, 11) is 0. The van der Waals surface area contributed by atoms with Gasteiger partial charge in [-0.1, -0.05) is 18.2 Å². The minimum Gasteiger partial charge on any atom is -0.395 e. The van der Waals surface area contributed by atoms with Gasteiger partial charge in [0.2, 0.25) is 0 Å². The van der Waals surface area contributed by atoms with Crippen LogP contribution in [0.15, 0.2) is 23.2 Å². The average molecular weight is 239 g/mol. The Kier molecular flexibility index (Phi) is 6.54. The first-order chi connectivity index (χ1) is 8.30. The lowest BCUT2D eigenvalue weighted by atomic mass is 10.3. The molecule has 0 unspecified atom stereocenters. The standard InChI is InChI=1S/C12H21N3O2/c1-3-5-15(6-7-16)10-12-8-11(14-17-12)9-13-4-2/h3,8,13,16H,1,4-7,9-10H2,2H3. The molecule has 0 aliphatic heterocycles. The lowest BCUT2D eigenvalue weighted by Gasteiger charge is -2.16. The molecule has 0 atom stereocenters. The van der Waals surface area contributed by atoms with E-state index in [1.54, 1.807) is 0 Å². The van der Waals surface area contributed by atoms with E-state index < -0.39 is 0 Å². The molecule has 96 valence electrons. The van der Waals surface area contributed by atoms with Gasteiger partial charge >= 0.3 is 0 Å². The summed E-state index contributed by atoms with van der Waals surface area (Å²) in [6, 6.07) is 1.94. The third-order valence-corrected chi connectivity index (χ3v) is 2.35. The number of aliphatic hydroxyl groups is 1. The highest BCUT2D eigenvalue weighted by Gasteiger charge is 2.08. The van der Waals surface area contributed by atoms with Gasteiger partial charge in [0.1, 0.15) is 0 Å². The SMILES string of the molecule is C=CCN(CCO)Cc1cc(CNCC)no1. The van der Waals surface area contributed by atoms with Crippen LogP contribution in [0.25, 0.3) is 0 Å². The van der Waals surface area contributed by atoms with Crippen LogP contribution in [0.2, 0.25) is 0 Å². The Morgan fingerprint density at radius 3 is 3.12 bits per heavy atom. The van der Waals surface area contributed by atoms with Gasteiger partial charge in [0.05, 0.1) is 18.8 Å². The molecule has 0 fully saturated rings. The van der Waals surface area contributed by atoms with Crippen molar-refractivity contribution in [3.63, 3.8) is 0 Å². The molecule has 1 aromatic rings. The number of hydrogen-bond donors (Lipinski definition) is 2. The van der Waals surface area contributed by atoms with Crippen molar-refractivity contribution in [3.05, 3.63) is 30.2 Å². The van der Waals surface area contributed by atoms with Gasteiger partial charge in [0.15, 0.2) is 5.76 Å². The average Bonchev–Trinajstić information content (AvgIpc) is 2.75. The van der Waals surface area contributed by atoms with Crippen LogP contribution in [0.3, 0.4) is 0 Å². The summed E-state index contributed by atoms with van der Waals surface area (Å²) in [5.41, 5.74) is 0.907. The van der Waals surface area contributed by atoms with Crippen molar-refractivity contribution >= 4 is 0 Å². The van der Waals surface area contributed by atoms with E-state index in [9.17, 15) is 0 Å². The van der Waals surface area contributed by atoms with E-state index in [1.165, 1.54) is 0 Å². The molecule has 0 aromatic carbocycles. The summed E-state index contributed by atoms with van der Waals surface area (Å²) >= 11 is 0. The molecule has 0 saturated heterocycles. The number of aromatic nitrogens is 1. The summed E-state index contributed by atoms with van der Waals surface area (Å²) in [4.78, 5) is 2.05. The maximum atomic E-state index is 8.93. The van der Waals surface area contributed by atoms with Gasteiger partial charge in [-0.25, -0.2) is 0 Å². The van der Waals surface area contributed by atoms with Crippen molar-refractivity contribution in [1.82, 2.24) is 15.4 Å². The van der Waals surface area contributed by atoms with E-state index in [0.717, 1.165) is 31.1 Å². The smallest absolute Gasteiger partial charge is 0.151 e. The molecule has 0 amide bonds. The fourth-order valence-electron chi connectivity index (χ4n) is 1.55. The normalized spacial score (nSPS) is 11.0. The summed E-state index contributed by atoms with van der Waals surface area (Å²) in [6.07, 6.45) is 1.81. The second-order valence-corrected chi connectivity index (χ2v) is 3.81. The third-order valence-electron chi connectivity index (χ3n) is 2.35. The van der Waals surface area contributed by atoms with Gasteiger partial charge in [-0.3, -0.25) is 4.90 Å². The Labute approximate surface area is 102 Å². The number of rotatable bonds is 9. The van der Waals surface area contributed by atoms with Gasteiger partial charge in [-0.2, -0.15) is 0 Å². The minimum absolute atomic E-state index is 0.131. The fraction of sp³-hybridized carbons (Fsp3) is 0.583. The van der Waals surface area contributed by atoms with Crippen molar-refractivity contribution in [3.8, 4) is 0 Å². The lowest BCUT2D eigenvalue weighted by molar-refractivity contribution is 0.189. The number of aliphatic hydroxyl groups excluding tert-OH is 1. The fourth-order valence-corrected chi connectivity index (χ4v) is 1.55. The minimum atomic E-state index is 0.131. The Hall–Kier alpha value is -1.17. The molecule has 0 aliphatic carbocycles. The quantitative estimate of drug-likeness (QED) is 0.623. The third kappa shape index (κ3) is 5.12. The van der Waals surface area contributed by atoms with E-state index in [-0.39, 0.29) is 6.61 Å². The van der Waals surface area contributed by atoms with Crippen LogP contribution >= 0.6 is 0 Å². The van der Waals surface area contributed by atoms with Gasteiger partial charge < -0.3 is 14.9 Å². The second kappa shape index (κ2) is 8.00. The van der Waals surface area contributed by atoms with Crippen LogP contribution in [0, 0.1) is 0 Å². The summed E-state index contributed by atoms with van der Waals surface area (Å²) < 4.78 is 5.24. The first-order valence-corrected chi connectivity index (χ1v) is 5.89. The van der Waals surface area contributed by atoms with Crippen LogP contribution in [0.5, 0.6) is 0 Å². The first kappa shape index (κ1) is 13.9. The molecule has 0 radical (unpaired) electrons. The highest BCUT2D eigenvalue weighted by Crippen LogP contribution is 2.07. The molecule has 0 spiro atoms. The molecule has 0 bridgehead atoms. The summed E-state index contributed by atoms with van der Waals surface area (Å²) in [5, 5.41) is 16.1. The van der Waals surface area contributed by atoms with E-state index in [2.05, 4.69) is 17.1 Å². The van der Waals surface area contributed by atoms with E-state index in [4.69, 9.17) is 9.63 Å². The predicted molar refractivity (Wildman–Crippen MR) is 66.4 cm³/mol. The Balaban J connectivity index is 2.47. The number of hydrogen-bond acceptors (Lipinski definition) is 5. The van der Waals surface area contributed by atoms with Crippen molar-refractivity contribution in [2.45, 2.75) is 20.0 Å². The second-order valence-electron chi connectivity index (χ2n) is 3.81.